The van der Waals surface area contributed by atoms with Crippen LogP contribution >= 0.6 is 0 Å². The molecule has 0 N–H and O–H groups in total. The normalized spacial score (nSPS) is 14.1. The van der Waals surface area contributed by atoms with Gasteiger partial charge in [0.05, 0.1) is 26.2 Å². The molecule has 1 saturated carbocycles. The van der Waals surface area contributed by atoms with E-state index in [1.54, 1.807) is 35.9 Å². The van der Waals surface area contributed by atoms with Gasteiger partial charge in [0.15, 0.2) is 16.9 Å². The molecule has 0 saturated heterocycles. The number of esters is 1. The van der Waals surface area contributed by atoms with E-state index in [0.717, 1.165) is 25.7 Å². The van der Waals surface area contributed by atoms with Crippen LogP contribution in [0.4, 0.5) is 0 Å². The number of fused-ring (bicyclic) bond motifs is 1. The molecule has 0 spiro atoms. The highest BCUT2D eigenvalue weighted by atomic mass is 16.5. The molecule has 11 nitrogen and oxygen atoms in total. The van der Waals surface area contributed by atoms with Crippen LogP contribution in [0.1, 0.15) is 48.1 Å². The molecule has 0 radical (unpaired) electrons. The van der Waals surface area contributed by atoms with Gasteiger partial charge >= 0.3 is 11.7 Å². The first-order valence-corrected chi connectivity index (χ1v) is 10.9. The van der Waals surface area contributed by atoms with Crippen LogP contribution in [-0.4, -0.2) is 43.9 Å². The van der Waals surface area contributed by atoms with Crippen molar-refractivity contribution >= 4 is 17.1 Å². The van der Waals surface area contributed by atoms with E-state index in [1.807, 2.05) is 0 Å². The molecule has 1 aromatic carbocycles. The SMILES string of the molecule is COC(=O)c1coc(Cn2cnc3c2c(=O)n(C2CCCC2)c(=O)n3-c2cccc(OC)c2)n1. The minimum atomic E-state index is -0.624. The Labute approximate surface area is 193 Å². The highest BCUT2D eigenvalue weighted by Crippen LogP contribution is 2.28. The average Bonchev–Trinajstić information content (AvgIpc) is 3.61. The first-order valence-electron chi connectivity index (χ1n) is 10.9. The average molecular weight is 465 g/mol. The van der Waals surface area contributed by atoms with Gasteiger partial charge in [0.2, 0.25) is 5.89 Å². The summed E-state index contributed by atoms with van der Waals surface area (Å²) in [5.74, 6) is 0.150. The first kappa shape index (κ1) is 21.7. The van der Waals surface area contributed by atoms with Crippen molar-refractivity contribution in [3.05, 3.63) is 69.3 Å². The quantitative estimate of drug-likeness (QED) is 0.398. The molecule has 3 heterocycles. The lowest BCUT2D eigenvalue weighted by Crippen LogP contribution is -2.41. The minimum absolute atomic E-state index is 0.0265. The smallest absolute Gasteiger partial charge is 0.360 e. The third-order valence-corrected chi connectivity index (χ3v) is 6.10. The lowest BCUT2D eigenvalue weighted by molar-refractivity contribution is 0.0594. The largest absolute Gasteiger partial charge is 0.497 e. The number of imidazole rings is 1. The standard InChI is InChI=1S/C23H23N5O6/c1-32-16-9-5-8-15(10-16)27-20-19(21(29)28(23(27)31)14-6-3-4-7-14)26(13-24-20)11-18-25-17(12-34-18)22(30)33-2/h5,8-10,12-14H,3-4,6-7,11H2,1-2H3. The number of hydrogen-bond acceptors (Lipinski definition) is 8. The second-order valence-corrected chi connectivity index (χ2v) is 8.10. The van der Waals surface area contributed by atoms with E-state index in [2.05, 4.69) is 14.7 Å². The molecule has 11 heteroatoms. The summed E-state index contributed by atoms with van der Waals surface area (Å²) in [5, 5.41) is 0. The number of oxazole rings is 1. The number of ether oxygens (including phenoxy) is 2. The lowest BCUT2D eigenvalue weighted by Gasteiger charge is -2.17. The number of rotatable bonds is 6. The summed E-state index contributed by atoms with van der Waals surface area (Å²) in [6.07, 6.45) is 6.09. The first-order chi connectivity index (χ1) is 16.5. The molecule has 0 amide bonds. The Kier molecular flexibility index (Phi) is 5.52. The fourth-order valence-corrected chi connectivity index (χ4v) is 4.47. The summed E-state index contributed by atoms with van der Waals surface area (Å²) in [6, 6.07) is 6.86. The van der Waals surface area contributed by atoms with Gasteiger partial charge in [0, 0.05) is 12.1 Å². The van der Waals surface area contributed by atoms with Gasteiger partial charge in [0.25, 0.3) is 5.56 Å². The van der Waals surface area contributed by atoms with E-state index < -0.39 is 17.2 Å². The van der Waals surface area contributed by atoms with E-state index in [9.17, 15) is 14.4 Å². The number of nitrogens with zero attached hydrogens (tertiary/aromatic N) is 5. The molecule has 1 fully saturated rings. The van der Waals surface area contributed by atoms with Gasteiger partial charge in [0.1, 0.15) is 18.6 Å². The molecule has 0 unspecified atom stereocenters. The molecule has 176 valence electrons. The predicted octanol–water partition coefficient (Wildman–Crippen LogP) is 2.30. The van der Waals surface area contributed by atoms with Gasteiger partial charge in [-0.3, -0.25) is 9.36 Å². The zero-order valence-corrected chi connectivity index (χ0v) is 18.8. The maximum absolute atomic E-state index is 13.6. The molecule has 0 bridgehead atoms. The van der Waals surface area contributed by atoms with Crippen molar-refractivity contribution in [1.82, 2.24) is 23.7 Å². The Bertz CT molecular complexity index is 1490. The van der Waals surface area contributed by atoms with Gasteiger partial charge in [-0.05, 0) is 25.0 Å². The summed E-state index contributed by atoms with van der Waals surface area (Å²) in [6.45, 7) is 0.0454. The molecule has 1 aliphatic rings. The van der Waals surface area contributed by atoms with E-state index in [4.69, 9.17) is 9.15 Å². The second-order valence-electron chi connectivity index (χ2n) is 8.10. The summed E-state index contributed by atoms with van der Waals surface area (Å²) < 4.78 is 19.7. The number of methoxy groups -OCH3 is 2. The van der Waals surface area contributed by atoms with Crippen LogP contribution in [0.25, 0.3) is 16.9 Å². The Morgan fingerprint density at radius 1 is 1.21 bits per heavy atom. The number of benzene rings is 1. The van der Waals surface area contributed by atoms with Crippen molar-refractivity contribution in [3.63, 3.8) is 0 Å². The number of aromatic nitrogens is 5. The lowest BCUT2D eigenvalue weighted by atomic mass is 10.2. The van der Waals surface area contributed by atoms with Gasteiger partial charge in [-0.1, -0.05) is 18.9 Å². The van der Waals surface area contributed by atoms with Crippen molar-refractivity contribution in [2.75, 3.05) is 14.2 Å². The fourth-order valence-electron chi connectivity index (χ4n) is 4.47. The monoisotopic (exact) mass is 465 g/mol. The Balaban J connectivity index is 1.71. The Morgan fingerprint density at radius 3 is 2.74 bits per heavy atom. The maximum atomic E-state index is 13.6. The van der Waals surface area contributed by atoms with Crippen LogP contribution in [0.3, 0.4) is 0 Å². The van der Waals surface area contributed by atoms with E-state index in [-0.39, 0.29) is 35.3 Å². The van der Waals surface area contributed by atoms with Crippen LogP contribution in [0, 0.1) is 0 Å². The zero-order valence-electron chi connectivity index (χ0n) is 18.8. The minimum Gasteiger partial charge on any atom is -0.497 e. The highest BCUT2D eigenvalue weighted by Gasteiger charge is 2.26. The summed E-state index contributed by atoms with van der Waals surface area (Å²) >= 11 is 0. The number of carbonyl (C=O) groups is 1. The maximum Gasteiger partial charge on any atom is 0.360 e. The molecule has 0 aliphatic heterocycles. The molecule has 3 aromatic heterocycles. The van der Waals surface area contributed by atoms with Crippen LogP contribution in [0.15, 0.2) is 50.9 Å². The molecule has 0 atom stereocenters. The summed E-state index contributed by atoms with van der Waals surface area (Å²) in [4.78, 5) is 47.5. The second kappa shape index (κ2) is 8.65. The van der Waals surface area contributed by atoms with Gasteiger partial charge in [-0.25, -0.2) is 24.1 Å². The Hall–Kier alpha value is -4.15. The highest BCUT2D eigenvalue weighted by molar-refractivity contribution is 5.86. The van der Waals surface area contributed by atoms with Crippen molar-refractivity contribution in [2.24, 2.45) is 0 Å². The van der Waals surface area contributed by atoms with Crippen molar-refractivity contribution < 1.29 is 18.7 Å². The third kappa shape index (κ3) is 3.58. The van der Waals surface area contributed by atoms with E-state index in [0.29, 0.717) is 11.4 Å². The Morgan fingerprint density at radius 2 is 2.00 bits per heavy atom. The van der Waals surface area contributed by atoms with Crippen molar-refractivity contribution in [1.29, 1.82) is 0 Å². The molecule has 5 rings (SSSR count). The van der Waals surface area contributed by atoms with Gasteiger partial charge < -0.3 is 18.5 Å². The zero-order chi connectivity index (χ0) is 23.8. The molecule has 34 heavy (non-hydrogen) atoms. The fraction of sp³-hybridized carbons (Fsp3) is 0.348. The summed E-state index contributed by atoms with van der Waals surface area (Å²) in [5.41, 5.74) is 0.175. The van der Waals surface area contributed by atoms with Crippen LogP contribution < -0.4 is 16.0 Å². The van der Waals surface area contributed by atoms with Gasteiger partial charge in [-0.2, -0.15) is 0 Å². The van der Waals surface area contributed by atoms with E-state index >= 15 is 0 Å². The van der Waals surface area contributed by atoms with E-state index in [1.165, 1.54) is 28.8 Å². The van der Waals surface area contributed by atoms with Crippen molar-refractivity contribution in [2.45, 2.75) is 38.3 Å². The number of carbonyl (C=O) groups excluding carboxylic acids is 1. The molecule has 1 aliphatic carbocycles. The van der Waals surface area contributed by atoms with Crippen LogP contribution in [0.5, 0.6) is 5.75 Å². The van der Waals surface area contributed by atoms with Crippen molar-refractivity contribution in [3.8, 4) is 11.4 Å². The topological polar surface area (TPSA) is 123 Å². The third-order valence-electron chi connectivity index (χ3n) is 6.10. The van der Waals surface area contributed by atoms with Crippen LogP contribution in [-0.2, 0) is 11.3 Å². The molecule has 4 aromatic rings. The molecular weight excluding hydrogens is 442 g/mol. The number of hydrogen-bond donors (Lipinski definition) is 0. The predicted molar refractivity (Wildman–Crippen MR) is 121 cm³/mol. The molecular formula is C23H23N5O6. The van der Waals surface area contributed by atoms with Gasteiger partial charge in [-0.15, -0.1) is 0 Å². The summed E-state index contributed by atoms with van der Waals surface area (Å²) in [7, 11) is 2.80. The van der Waals surface area contributed by atoms with Crippen LogP contribution in [0.2, 0.25) is 0 Å².